The Hall–Kier alpha value is -1.31. The van der Waals surface area contributed by atoms with Crippen molar-refractivity contribution in [2.24, 2.45) is 5.92 Å². The van der Waals surface area contributed by atoms with Gasteiger partial charge >= 0.3 is 0 Å². The third kappa shape index (κ3) is 1.57. The Morgan fingerprint density at radius 2 is 2.23 bits per heavy atom. The molecule has 0 fully saturated rings. The molecule has 2 aromatic heterocycles. The van der Waals surface area contributed by atoms with Crippen LogP contribution in [0.2, 0.25) is 0 Å². The first kappa shape index (κ1) is 8.30. The fourth-order valence-electron chi connectivity index (χ4n) is 1.64. The molecule has 1 N–H and O–H groups in total. The quantitative estimate of drug-likeness (QED) is 0.745. The highest BCUT2D eigenvalue weighted by Crippen LogP contribution is 2.17. The van der Waals surface area contributed by atoms with E-state index in [2.05, 4.69) is 35.9 Å². The van der Waals surface area contributed by atoms with Crippen molar-refractivity contribution in [2.75, 3.05) is 0 Å². The van der Waals surface area contributed by atoms with E-state index in [0.29, 0.717) is 5.92 Å². The van der Waals surface area contributed by atoms with Gasteiger partial charge in [0.05, 0.1) is 0 Å². The Labute approximate surface area is 78.0 Å². The Morgan fingerprint density at radius 3 is 3.00 bits per heavy atom. The fraction of sp³-hybridized carbons (Fsp3) is 0.364. The summed E-state index contributed by atoms with van der Waals surface area (Å²) in [7, 11) is 0. The summed E-state index contributed by atoms with van der Waals surface area (Å²) >= 11 is 0. The van der Waals surface area contributed by atoms with Gasteiger partial charge in [0.2, 0.25) is 0 Å². The van der Waals surface area contributed by atoms with Crippen molar-refractivity contribution in [3.05, 3.63) is 30.1 Å². The summed E-state index contributed by atoms with van der Waals surface area (Å²) in [5.41, 5.74) is 2.39. The van der Waals surface area contributed by atoms with Crippen LogP contribution in [0.25, 0.3) is 11.0 Å². The molecular formula is C11H14N2. The summed E-state index contributed by atoms with van der Waals surface area (Å²) in [5, 5.41) is 1.26. The minimum absolute atomic E-state index is 0.695. The van der Waals surface area contributed by atoms with E-state index in [1.807, 2.05) is 12.4 Å². The highest BCUT2D eigenvalue weighted by Gasteiger charge is 2.03. The zero-order valence-electron chi connectivity index (χ0n) is 8.04. The van der Waals surface area contributed by atoms with Crippen molar-refractivity contribution in [1.29, 1.82) is 0 Å². The lowest BCUT2D eigenvalue weighted by molar-refractivity contribution is 0.650. The van der Waals surface area contributed by atoms with E-state index in [0.717, 1.165) is 12.1 Å². The van der Waals surface area contributed by atoms with Gasteiger partial charge in [-0.3, -0.25) is 0 Å². The normalized spacial score (nSPS) is 11.3. The number of aromatic amines is 1. The topological polar surface area (TPSA) is 28.7 Å². The Balaban J connectivity index is 2.48. The SMILES string of the molecule is CC(C)Cc1ccnc2[nH]ccc12. The molecule has 2 heterocycles. The second-order valence-electron chi connectivity index (χ2n) is 3.81. The van der Waals surface area contributed by atoms with E-state index in [1.54, 1.807) is 0 Å². The number of nitrogens with zero attached hydrogens (tertiary/aromatic N) is 1. The van der Waals surface area contributed by atoms with Crippen LogP contribution in [-0.4, -0.2) is 9.97 Å². The number of H-pyrrole nitrogens is 1. The molecule has 2 nitrogen and oxygen atoms in total. The smallest absolute Gasteiger partial charge is 0.137 e. The molecular weight excluding hydrogens is 160 g/mol. The van der Waals surface area contributed by atoms with Gasteiger partial charge in [-0.1, -0.05) is 13.8 Å². The zero-order valence-corrected chi connectivity index (χ0v) is 8.04. The maximum atomic E-state index is 4.25. The predicted octanol–water partition coefficient (Wildman–Crippen LogP) is 2.76. The molecule has 2 aromatic rings. The van der Waals surface area contributed by atoms with Crippen LogP contribution in [0.15, 0.2) is 24.5 Å². The third-order valence-corrected chi connectivity index (χ3v) is 2.18. The first-order valence-electron chi connectivity index (χ1n) is 4.68. The number of nitrogens with one attached hydrogen (secondary N) is 1. The summed E-state index contributed by atoms with van der Waals surface area (Å²) in [6.45, 7) is 4.47. The predicted molar refractivity (Wildman–Crippen MR) is 54.6 cm³/mol. The van der Waals surface area contributed by atoms with Crippen LogP contribution in [0.4, 0.5) is 0 Å². The Kier molecular flexibility index (Phi) is 2.05. The molecule has 68 valence electrons. The second kappa shape index (κ2) is 3.21. The van der Waals surface area contributed by atoms with Crippen LogP contribution >= 0.6 is 0 Å². The van der Waals surface area contributed by atoms with Crippen molar-refractivity contribution < 1.29 is 0 Å². The molecule has 0 aliphatic heterocycles. The molecule has 0 saturated carbocycles. The van der Waals surface area contributed by atoms with E-state index in [1.165, 1.54) is 10.9 Å². The maximum Gasteiger partial charge on any atom is 0.137 e. The van der Waals surface area contributed by atoms with Gasteiger partial charge in [-0.15, -0.1) is 0 Å². The van der Waals surface area contributed by atoms with Crippen LogP contribution in [0, 0.1) is 5.92 Å². The minimum atomic E-state index is 0.695. The average Bonchev–Trinajstić information content (AvgIpc) is 2.51. The number of fused-ring (bicyclic) bond motifs is 1. The van der Waals surface area contributed by atoms with Gasteiger partial charge in [0.25, 0.3) is 0 Å². The van der Waals surface area contributed by atoms with Crippen molar-refractivity contribution in [2.45, 2.75) is 20.3 Å². The van der Waals surface area contributed by atoms with Gasteiger partial charge in [0.1, 0.15) is 5.65 Å². The number of hydrogen-bond acceptors (Lipinski definition) is 1. The van der Waals surface area contributed by atoms with E-state index < -0.39 is 0 Å². The highest BCUT2D eigenvalue weighted by molar-refractivity contribution is 5.79. The summed E-state index contributed by atoms with van der Waals surface area (Å²) < 4.78 is 0. The van der Waals surface area contributed by atoms with Gasteiger partial charge in [-0.05, 0) is 30.0 Å². The van der Waals surface area contributed by atoms with E-state index in [-0.39, 0.29) is 0 Å². The standard InChI is InChI=1S/C11H14N2/c1-8(2)7-9-3-5-12-11-10(9)4-6-13-11/h3-6,8H,7H2,1-2H3,(H,12,13). The van der Waals surface area contributed by atoms with Crippen molar-refractivity contribution >= 4 is 11.0 Å². The van der Waals surface area contributed by atoms with Crippen molar-refractivity contribution in [3.63, 3.8) is 0 Å². The van der Waals surface area contributed by atoms with Gasteiger partial charge in [-0.25, -0.2) is 4.98 Å². The zero-order chi connectivity index (χ0) is 9.26. The fourth-order valence-corrected chi connectivity index (χ4v) is 1.64. The lowest BCUT2D eigenvalue weighted by atomic mass is 10.0. The first-order chi connectivity index (χ1) is 6.27. The number of hydrogen-bond donors (Lipinski definition) is 1. The first-order valence-corrected chi connectivity index (χ1v) is 4.68. The summed E-state index contributed by atoms with van der Waals surface area (Å²) in [6, 6.07) is 4.20. The minimum Gasteiger partial charge on any atom is -0.346 e. The molecule has 0 aromatic carbocycles. The Bertz CT molecular complexity index is 401. The Morgan fingerprint density at radius 1 is 1.38 bits per heavy atom. The number of pyridine rings is 1. The van der Waals surface area contributed by atoms with Gasteiger partial charge in [0, 0.05) is 17.8 Å². The largest absolute Gasteiger partial charge is 0.346 e. The van der Waals surface area contributed by atoms with Gasteiger partial charge < -0.3 is 4.98 Å². The molecule has 0 atom stereocenters. The molecule has 2 heteroatoms. The summed E-state index contributed by atoms with van der Waals surface area (Å²) in [5.74, 6) is 0.695. The molecule has 0 unspecified atom stereocenters. The average molecular weight is 174 g/mol. The van der Waals surface area contributed by atoms with Crippen LogP contribution < -0.4 is 0 Å². The highest BCUT2D eigenvalue weighted by atomic mass is 14.8. The van der Waals surface area contributed by atoms with Crippen molar-refractivity contribution in [1.82, 2.24) is 9.97 Å². The van der Waals surface area contributed by atoms with E-state index in [9.17, 15) is 0 Å². The molecule has 0 saturated heterocycles. The molecule has 0 radical (unpaired) electrons. The van der Waals surface area contributed by atoms with E-state index >= 15 is 0 Å². The van der Waals surface area contributed by atoms with Crippen LogP contribution in [-0.2, 0) is 6.42 Å². The molecule has 2 rings (SSSR count). The van der Waals surface area contributed by atoms with Crippen LogP contribution in [0.1, 0.15) is 19.4 Å². The molecule has 13 heavy (non-hydrogen) atoms. The maximum absolute atomic E-state index is 4.25. The molecule has 0 aliphatic rings. The van der Waals surface area contributed by atoms with Gasteiger partial charge in [-0.2, -0.15) is 0 Å². The van der Waals surface area contributed by atoms with Gasteiger partial charge in [0.15, 0.2) is 0 Å². The monoisotopic (exact) mass is 174 g/mol. The molecule has 0 amide bonds. The molecule has 0 spiro atoms. The molecule has 0 aliphatic carbocycles. The van der Waals surface area contributed by atoms with Crippen molar-refractivity contribution in [3.8, 4) is 0 Å². The summed E-state index contributed by atoms with van der Waals surface area (Å²) in [6.07, 6.45) is 4.94. The lowest BCUT2D eigenvalue weighted by Gasteiger charge is -2.05. The molecule has 0 bridgehead atoms. The number of rotatable bonds is 2. The lowest BCUT2D eigenvalue weighted by Crippen LogP contribution is -1.94. The third-order valence-electron chi connectivity index (χ3n) is 2.18. The summed E-state index contributed by atoms with van der Waals surface area (Å²) in [4.78, 5) is 7.38. The number of aromatic nitrogens is 2. The second-order valence-corrected chi connectivity index (χ2v) is 3.81. The van der Waals surface area contributed by atoms with Crippen LogP contribution in [0.5, 0.6) is 0 Å². The van der Waals surface area contributed by atoms with E-state index in [4.69, 9.17) is 0 Å². The van der Waals surface area contributed by atoms with Crippen LogP contribution in [0.3, 0.4) is 0 Å².